The number of methoxy groups -OCH3 is 1. The smallest absolute Gasteiger partial charge is 0.172 e. The van der Waals surface area contributed by atoms with Crippen LogP contribution in [0.4, 0.5) is 4.39 Å². The Bertz CT molecular complexity index is 862. The van der Waals surface area contributed by atoms with Gasteiger partial charge >= 0.3 is 0 Å². The molecule has 0 saturated carbocycles. The van der Waals surface area contributed by atoms with Crippen molar-refractivity contribution in [1.29, 1.82) is 0 Å². The van der Waals surface area contributed by atoms with Gasteiger partial charge in [-0.15, -0.1) is 11.3 Å². The molecule has 0 saturated heterocycles. The highest BCUT2D eigenvalue weighted by atomic mass is 32.1. The molecule has 0 aliphatic rings. The molecule has 3 rings (SSSR count). The second-order valence-corrected chi connectivity index (χ2v) is 5.83. The summed E-state index contributed by atoms with van der Waals surface area (Å²) in [7, 11) is 1.47. The molecule has 0 spiro atoms. The van der Waals surface area contributed by atoms with Crippen molar-refractivity contribution in [3.8, 4) is 27.6 Å². The van der Waals surface area contributed by atoms with E-state index in [1.165, 1.54) is 31.4 Å². The average molecular weight is 328 g/mol. The molecule has 0 radical (unpaired) electrons. The van der Waals surface area contributed by atoms with Crippen molar-refractivity contribution < 1.29 is 13.9 Å². The SMILES string of the molecule is COc1ccc(-c2nc(-c3ccncc3)sc2C(C)=O)c(F)c1. The number of carbonyl (C=O) groups is 1. The van der Waals surface area contributed by atoms with Gasteiger partial charge in [-0.3, -0.25) is 9.78 Å². The maximum Gasteiger partial charge on any atom is 0.172 e. The van der Waals surface area contributed by atoms with E-state index in [4.69, 9.17) is 4.74 Å². The summed E-state index contributed by atoms with van der Waals surface area (Å²) in [4.78, 5) is 20.8. The van der Waals surface area contributed by atoms with Crippen molar-refractivity contribution in [1.82, 2.24) is 9.97 Å². The maximum absolute atomic E-state index is 14.3. The molecule has 116 valence electrons. The quantitative estimate of drug-likeness (QED) is 0.673. The highest BCUT2D eigenvalue weighted by Gasteiger charge is 2.20. The summed E-state index contributed by atoms with van der Waals surface area (Å²) >= 11 is 1.25. The molecule has 0 aliphatic carbocycles. The summed E-state index contributed by atoms with van der Waals surface area (Å²) in [5.74, 6) is -0.202. The van der Waals surface area contributed by atoms with Crippen LogP contribution in [0, 0.1) is 5.82 Å². The van der Waals surface area contributed by atoms with Crippen LogP contribution in [-0.4, -0.2) is 22.9 Å². The average Bonchev–Trinajstić information content (AvgIpc) is 3.01. The fourth-order valence-electron chi connectivity index (χ4n) is 2.17. The van der Waals surface area contributed by atoms with E-state index in [-0.39, 0.29) is 11.3 Å². The molecule has 2 heterocycles. The standard InChI is InChI=1S/C17H13FN2O2S/c1-10(21)16-15(13-4-3-12(22-2)9-14(13)18)20-17(23-16)11-5-7-19-8-6-11/h3-9H,1-2H3. The zero-order valence-corrected chi connectivity index (χ0v) is 13.4. The number of benzene rings is 1. The van der Waals surface area contributed by atoms with Gasteiger partial charge in [0.1, 0.15) is 16.6 Å². The molecule has 2 aromatic heterocycles. The topological polar surface area (TPSA) is 52.1 Å². The minimum atomic E-state index is -0.474. The number of ether oxygens (including phenoxy) is 1. The third-order valence-electron chi connectivity index (χ3n) is 3.31. The van der Waals surface area contributed by atoms with Gasteiger partial charge in [0.25, 0.3) is 0 Å². The minimum Gasteiger partial charge on any atom is -0.497 e. The Morgan fingerprint density at radius 3 is 2.57 bits per heavy atom. The molecule has 6 heteroatoms. The Kier molecular flexibility index (Phi) is 4.16. The Hall–Kier alpha value is -2.60. The number of pyridine rings is 1. The third-order valence-corrected chi connectivity index (χ3v) is 4.51. The summed E-state index contributed by atoms with van der Waals surface area (Å²) in [5.41, 5.74) is 1.48. The summed E-state index contributed by atoms with van der Waals surface area (Å²) in [5, 5.41) is 0.655. The van der Waals surface area contributed by atoms with Gasteiger partial charge < -0.3 is 4.74 Å². The van der Waals surface area contributed by atoms with Crippen molar-refractivity contribution in [2.24, 2.45) is 0 Å². The number of ketones is 1. The van der Waals surface area contributed by atoms with Crippen LogP contribution in [0.3, 0.4) is 0 Å². The Morgan fingerprint density at radius 2 is 1.96 bits per heavy atom. The molecule has 3 aromatic rings. The van der Waals surface area contributed by atoms with Crippen LogP contribution < -0.4 is 4.74 Å². The first-order chi connectivity index (χ1) is 11.1. The van der Waals surface area contributed by atoms with Crippen LogP contribution in [-0.2, 0) is 0 Å². The first-order valence-corrected chi connectivity index (χ1v) is 7.68. The van der Waals surface area contributed by atoms with E-state index in [1.807, 2.05) is 0 Å². The van der Waals surface area contributed by atoms with Crippen LogP contribution >= 0.6 is 11.3 Å². The Balaban J connectivity index is 2.15. The predicted molar refractivity (Wildman–Crippen MR) is 87.3 cm³/mol. The van der Waals surface area contributed by atoms with Crippen LogP contribution in [0.15, 0.2) is 42.7 Å². The zero-order valence-electron chi connectivity index (χ0n) is 12.5. The van der Waals surface area contributed by atoms with Gasteiger partial charge in [0, 0.05) is 36.5 Å². The minimum absolute atomic E-state index is 0.145. The number of aromatic nitrogens is 2. The molecule has 23 heavy (non-hydrogen) atoms. The number of halogens is 1. The van der Waals surface area contributed by atoms with E-state index in [1.54, 1.807) is 36.7 Å². The summed E-state index contributed by atoms with van der Waals surface area (Å²) < 4.78 is 19.3. The van der Waals surface area contributed by atoms with Crippen molar-refractivity contribution >= 4 is 17.1 Å². The van der Waals surface area contributed by atoms with Crippen LogP contribution in [0.1, 0.15) is 16.6 Å². The second-order valence-electron chi connectivity index (χ2n) is 4.83. The van der Waals surface area contributed by atoms with Gasteiger partial charge in [-0.25, -0.2) is 9.37 Å². The van der Waals surface area contributed by atoms with E-state index in [0.29, 0.717) is 21.3 Å². The number of hydrogen-bond acceptors (Lipinski definition) is 5. The summed E-state index contributed by atoms with van der Waals surface area (Å²) in [6, 6.07) is 8.11. The molecule has 1 aromatic carbocycles. The molecule has 0 N–H and O–H groups in total. The maximum atomic E-state index is 14.3. The van der Waals surface area contributed by atoms with E-state index in [0.717, 1.165) is 5.56 Å². The Labute approximate surface area is 136 Å². The second kappa shape index (κ2) is 6.26. The molecule has 4 nitrogen and oxygen atoms in total. The molecule has 0 fully saturated rings. The molecule has 0 aliphatic heterocycles. The monoisotopic (exact) mass is 328 g/mol. The lowest BCUT2D eigenvalue weighted by molar-refractivity contribution is 0.102. The van der Waals surface area contributed by atoms with Crippen molar-refractivity contribution in [3.05, 3.63) is 53.4 Å². The van der Waals surface area contributed by atoms with Crippen LogP contribution in [0.25, 0.3) is 21.8 Å². The highest BCUT2D eigenvalue weighted by molar-refractivity contribution is 7.17. The molecular formula is C17H13FN2O2S. The van der Waals surface area contributed by atoms with Gasteiger partial charge in [-0.1, -0.05) is 0 Å². The van der Waals surface area contributed by atoms with Gasteiger partial charge in [-0.2, -0.15) is 0 Å². The lowest BCUT2D eigenvalue weighted by Gasteiger charge is -2.04. The first-order valence-electron chi connectivity index (χ1n) is 6.86. The number of thiazole rings is 1. The predicted octanol–water partition coefficient (Wildman–Crippen LogP) is 4.22. The number of rotatable bonds is 4. The summed E-state index contributed by atoms with van der Waals surface area (Å²) in [6.45, 7) is 1.45. The molecular weight excluding hydrogens is 315 g/mol. The first kappa shape index (κ1) is 15.3. The van der Waals surface area contributed by atoms with Gasteiger partial charge in [0.15, 0.2) is 5.78 Å². The van der Waals surface area contributed by atoms with Crippen molar-refractivity contribution in [3.63, 3.8) is 0 Å². The zero-order chi connectivity index (χ0) is 16.4. The van der Waals surface area contributed by atoms with E-state index in [9.17, 15) is 9.18 Å². The fraction of sp³-hybridized carbons (Fsp3) is 0.118. The molecule has 0 amide bonds. The number of nitrogens with zero attached hydrogens (tertiary/aromatic N) is 2. The van der Waals surface area contributed by atoms with E-state index in [2.05, 4.69) is 9.97 Å². The largest absolute Gasteiger partial charge is 0.497 e. The van der Waals surface area contributed by atoms with Crippen LogP contribution in [0.5, 0.6) is 5.75 Å². The lowest BCUT2D eigenvalue weighted by atomic mass is 10.1. The van der Waals surface area contributed by atoms with Gasteiger partial charge in [0.2, 0.25) is 0 Å². The lowest BCUT2D eigenvalue weighted by Crippen LogP contribution is -1.94. The van der Waals surface area contributed by atoms with Crippen molar-refractivity contribution in [2.75, 3.05) is 7.11 Å². The number of hydrogen-bond donors (Lipinski definition) is 0. The Morgan fingerprint density at radius 1 is 1.22 bits per heavy atom. The molecule has 0 atom stereocenters. The number of carbonyl (C=O) groups excluding carboxylic acids is 1. The third kappa shape index (κ3) is 2.98. The molecule has 0 bridgehead atoms. The normalized spacial score (nSPS) is 10.6. The fourth-order valence-corrected chi connectivity index (χ4v) is 3.15. The van der Waals surface area contributed by atoms with E-state index >= 15 is 0 Å². The van der Waals surface area contributed by atoms with Gasteiger partial charge in [0.05, 0.1) is 17.7 Å². The highest BCUT2D eigenvalue weighted by Crippen LogP contribution is 2.35. The van der Waals surface area contributed by atoms with E-state index < -0.39 is 5.82 Å². The van der Waals surface area contributed by atoms with Gasteiger partial charge in [-0.05, 0) is 24.3 Å². The summed E-state index contributed by atoms with van der Waals surface area (Å²) in [6.07, 6.45) is 3.30. The molecule has 0 unspecified atom stereocenters. The van der Waals surface area contributed by atoms with Crippen LogP contribution in [0.2, 0.25) is 0 Å². The van der Waals surface area contributed by atoms with Crippen molar-refractivity contribution in [2.45, 2.75) is 6.92 Å². The number of Topliss-reactive ketones (excluding diaryl/α,β-unsaturated/α-hetero) is 1.